The summed E-state index contributed by atoms with van der Waals surface area (Å²) >= 11 is 0. The number of rotatable bonds is 2. The highest BCUT2D eigenvalue weighted by Gasteiger charge is 2.10. The predicted molar refractivity (Wildman–Crippen MR) is 60.0 cm³/mol. The summed E-state index contributed by atoms with van der Waals surface area (Å²) < 4.78 is 4.99. The van der Waals surface area contributed by atoms with Crippen LogP contribution in [-0.4, -0.2) is 10.9 Å². The topological polar surface area (TPSA) is 81.2 Å². The molecule has 3 N–H and O–H groups in total. The minimum atomic E-state index is -0.366. The highest BCUT2D eigenvalue weighted by atomic mass is 16.4. The number of nitrogens with two attached hydrogens (primary N) is 1. The van der Waals surface area contributed by atoms with E-state index in [2.05, 4.69) is 10.3 Å². The molecule has 5 heteroatoms. The van der Waals surface area contributed by atoms with Crippen LogP contribution in [0.3, 0.4) is 0 Å². The van der Waals surface area contributed by atoms with E-state index >= 15 is 0 Å². The van der Waals surface area contributed by atoms with Crippen LogP contribution < -0.4 is 11.1 Å². The monoisotopic (exact) mass is 217 g/mol. The largest absolute Gasteiger partial charge is 0.436 e. The number of pyridine rings is 1. The number of hydrogen-bond acceptors (Lipinski definition) is 4. The van der Waals surface area contributed by atoms with Crippen LogP contribution in [0.15, 0.2) is 34.9 Å². The number of nitrogen functional groups attached to an aromatic ring is 1. The average molecular weight is 217 g/mol. The first kappa shape index (κ1) is 10.2. The second-order valence-electron chi connectivity index (χ2n) is 3.37. The van der Waals surface area contributed by atoms with Gasteiger partial charge in [0.2, 0.25) is 0 Å². The molecule has 0 aliphatic rings. The fraction of sp³-hybridized carbons (Fsp3) is 0.0909. The Morgan fingerprint density at radius 2 is 2.25 bits per heavy atom. The molecule has 0 aliphatic carbocycles. The Kier molecular flexibility index (Phi) is 2.59. The predicted octanol–water partition coefficient (Wildman–Crippen LogP) is 1.82. The molecule has 0 radical (unpaired) electrons. The van der Waals surface area contributed by atoms with Crippen LogP contribution in [0, 0.1) is 6.92 Å². The molecule has 1 amide bonds. The maximum atomic E-state index is 11.6. The number of aromatic nitrogens is 1. The van der Waals surface area contributed by atoms with Crippen molar-refractivity contribution in [2.75, 3.05) is 11.1 Å². The normalized spacial score (nSPS) is 10.1. The van der Waals surface area contributed by atoms with E-state index in [1.165, 1.54) is 12.1 Å². The summed E-state index contributed by atoms with van der Waals surface area (Å²) in [5.74, 6) is 0.498. The lowest BCUT2D eigenvalue weighted by atomic mass is 10.3. The number of aryl methyl sites for hydroxylation is 1. The number of nitrogens with zero attached hydrogens (tertiary/aromatic N) is 1. The molecule has 0 unspecified atom stereocenters. The Morgan fingerprint density at radius 1 is 1.44 bits per heavy atom. The van der Waals surface area contributed by atoms with Gasteiger partial charge in [-0.2, -0.15) is 0 Å². The number of furan rings is 1. The molecule has 16 heavy (non-hydrogen) atoms. The van der Waals surface area contributed by atoms with Crippen molar-refractivity contribution >= 4 is 17.6 Å². The van der Waals surface area contributed by atoms with Gasteiger partial charge in [0.25, 0.3) is 5.91 Å². The summed E-state index contributed by atoms with van der Waals surface area (Å²) in [5.41, 5.74) is 6.39. The van der Waals surface area contributed by atoms with Gasteiger partial charge < -0.3 is 15.5 Å². The summed E-state index contributed by atoms with van der Waals surface area (Å²) in [6.07, 6.45) is 1.63. The Bertz CT molecular complexity index is 519. The van der Waals surface area contributed by atoms with Crippen LogP contribution >= 0.6 is 0 Å². The Hall–Kier alpha value is -2.30. The fourth-order valence-corrected chi connectivity index (χ4v) is 1.26. The van der Waals surface area contributed by atoms with Gasteiger partial charge in [-0.25, -0.2) is 4.98 Å². The molecule has 2 rings (SSSR count). The third kappa shape index (κ3) is 2.20. The zero-order chi connectivity index (χ0) is 11.5. The lowest BCUT2D eigenvalue weighted by molar-refractivity contribution is 0.0997. The third-order valence-corrected chi connectivity index (χ3v) is 2.01. The number of amides is 1. The SMILES string of the molecule is Cc1ccnc(NC(=O)c2ccc(N)o2)c1. The zero-order valence-corrected chi connectivity index (χ0v) is 8.73. The van der Waals surface area contributed by atoms with E-state index in [4.69, 9.17) is 10.2 Å². The van der Waals surface area contributed by atoms with Crippen LogP contribution in [0.2, 0.25) is 0 Å². The second kappa shape index (κ2) is 4.06. The van der Waals surface area contributed by atoms with E-state index in [-0.39, 0.29) is 17.6 Å². The highest BCUT2D eigenvalue weighted by molar-refractivity contribution is 6.01. The summed E-state index contributed by atoms with van der Waals surface area (Å²) in [4.78, 5) is 15.6. The molecule has 82 valence electrons. The van der Waals surface area contributed by atoms with Crippen molar-refractivity contribution in [3.8, 4) is 0 Å². The van der Waals surface area contributed by atoms with Gasteiger partial charge in [-0.05, 0) is 30.7 Å². The number of hydrogen-bond donors (Lipinski definition) is 2. The molecule has 0 atom stereocenters. The molecule has 0 saturated heterocycles. The van der Waals surface area contributed by atoms with Gasteiger partial charge in [-0.3, -0.25) is 4.79 Å². The standard InChI is InChI=1S/C11H11N3O2/c1-7-4-5-13-10(6-7)14-11(15)8-2-3-9(12)16-8/h2-6H,12H2,1H3,(H,13,14,15). The van der Waals surface area contributed by atoms with Crippen LogP contribution in [0.5, 0.6) is 0 Å². The summed E-state index contributed by atoms with van der Waals surface area (Å²) in [5, 5.41) is 2.61. The van der Waals surface area contributed by atoms with Gasteiger partial charge in [0.05, 0.1) is 0 Å². The number of carbonyl (C=O) groups is 1. The van der Waals surface area contributed by atoms with E-state index in [0.29, 0.717) is 5.82 Å². The van der Waals surface area contributed by atoms with Gasteiger partial charge in [-0.1, -0.05) is 0 Å². The Morgan fingerprint density at radius 3 is 2.88 bits per heavy atom. The van der Waals surface area contributed by atoms with Gasteiger partial charge in [0.15, 0.2) is 11.6 Å². The smallest absolute Gasteiger partial charge is 0.292 e. The fourth-order valence-electron chi connectivity index (χ4n) is 1.26. The molecule has 0 bridgehead atoms. The summed E-state index contributed by atoms with van der Waals surface area (Å²) in [6.45, 7) is 1.92. The molecule has 2 heterocycles. The van der Waals surface area contributed by atoms with Crippen LogP contribution in [-0.2, 0) is 0 Å². The molecule has 0 spiro atoms. The minimum absolute atomic E-state index is 0.167. The number of anilines is 2. The maximum Gasteiger partial charge on any atom is 0.292 e. The molecular weight excluding hydrogens is 206 g/mol. The second-order valence-corrected chi connectivity index (χ2v) is 3.37. The van der Waals surface area contributed by atoms with Crippen LogP contribution in [0.1, 0.15) is 16.1 Å². The van der Waals surface area contributed by atoms with E-state index in [0.717, 1.165) is 5.56 Å². The first-order valence-electron chi connectivity index (χ1n) is 4.74. The van der Waals surface area contributed by atoms with E-state index < -0.39 is 0 Å². The number of nitrogens with one attached hydrogen (secondary N) is 1. The van der Waals surface area contributed by atoms with Crippen molar-refractivity contribution in [1.82, 2.24) is 4.98 Å². The van der Waals surface area contributed by atoms with Crippen molar-refractivity contribution in [2.45, 2.75) is 6.92 Å². The lowest BCUT2D eigenvalue weighted by Crippen LogP contribution is -2.12. The van der Waals surface area contributed by atoms with Crippen molar-refractivity contribution in [1.29, 1.82) is 0 Å². The van der Waals surface area contributed by atoms with Gasteiger partial charge in [0.1, 0.15) is 5.82 Å². The molecule has 0 fully saturated rings. The van der Waals surface area contributed by atoms with E-state index in [9.17, 15) is 4.79 Å². The molecule has 2 aromatic rings. The molecule has 0 saturated carbocycles. The van der Waals surface area contributed by atoms with Gasteiger partial charge >= 0.3 is 0 Å². The summed E-state index contributed by atoms with van der Waals surface area (Å²) in [6, 6.07) is 6.66. The lowest BCUT2D eigenvalue weighted by Gasteiger charge is -2.02. The molecule has 0 aliphatic heterocycles. The van der Waals surface area contributed by atoms with E-state index in [1.807, 2.05) is 13.0 Å². The van der Waals surface area contributed by atoms with Gasteiger partial charge in [0, 0.05) is 12.3 Å². The third-order valence-electron chi connectivity index (χ3n) is 2.01. The molecular formula is C11H11N3O2. The Balaban J connectivity index is 2.13. The quantitative estimate of drug-likeness (QED) is 0.803. The van der Waals surface area contributed by atoms with Crippen LogP contribution in [0.25, 0.3) is 0 Å². The van der Waals surface area contributed by atoms with Crippen LogP contribution in [0.4, 0.5) is 11.7 Å². The van der Waals surface area contributed by atoms with Crippen molar-refractivity contribution in [2.24, 2.45) is 0 Å². The number of carbonyl (C=O) groups excluding carboxylic acids is 1. The molecule has 5 nitrogen and oxygen atoms in total. The minimum Gasteiger partial charge on any atom is -0.436 e. The Labute approximate surface area is 92.3 Å². The van der Waals surface area contributed by atoms with Crippen molar-refractivity contribution in [3.05, 3.63) is 41.8 Å². The summed E-state index contributed by atoms with van der Waals surface area (Å²) in [7, 11) is 0. The maximum absolute atomic E-state index is 11.6. The van der Waals surface area contributed by atoms with Gasteiger partial charge in [-0.15, -0.1) is 0 Å². The zero-order valence-electron chi connectivity index (χ0n) is 8.73. The average Bonchev–Trinajstić information content (AvgIpc) is 2.65. The first-order valence-corrected chi connectivity index (χ1v) is 4.74. The molecule has 0 aromatic carbocycles. The van der Waals surface area contributed by atoms with Crippen molar-refractivity contribution in [3.63, 3.8) is 0 Å². The van der Waals surface area contributed by atoms with Crippen molar-refractivity contribution < 1.29 is 9.21 Å². The van der Waals surface area contributed by atoms with E-state index in [1.54, 1.807) is 12.3 Å². The highest BCUT2D eigenvalue weighted by Crippen LogP contribution is 2.12. The first-order chi connectivity index (χ1) is 7.65. The molecule has 2 aromatic heterocycles.